The molecule has 0 spiro atoms. The highest BCUT2D eigenvalue weighted by molar-refractivity contribution is 6.25. The molecule has 0 aliphatic carbocycles. The molecule has 0 bridgehead atoms. The minimum Gasteiger partial charge on any atom is -0.0933 e. The lowest BCUT2D eigenvalue weighted by atomic mass is 10.1. The van der Waals surface area contributed by atoms with E-state index in [0.717, 1.165) is 6.42 Å². The quantitative estimate of drug-likeness (QED) is 0.447. The molecule has 0 fully saturated rings. The Morgan fingerprint density at radius 3 is 1.92 bits per heavy atom. The van der Waals surface area contributed by atoms with Crippen LogP contribution in [-0.2, 0) is 0 Å². The number of hydrogen-bond acceptors (Lipinski definition) is 0. The van der Waals surface area contributed by atoms with E-state index in [1.165, 1.54) is 51.4 Å². The smallest absolute Gasteiger partial charge is 0.000245 e. The lowest BCUT2D eigenvalue weighted by Gasteiger charge is -1.99. The Balaban J connectivity index is 2.83. The second-order valence-electron chi connectivity index (χ2n) is 3.63. The molecule has 1 heteroatoms. The van der Waals surface area contributed by atoms with Crippen molar-refractivity contribution in [2.75, 3.05) is 0 Å². The van der Waals surface area contributed by atoms with Crippen molar-refractivity contribution >= 4 is 11.6 Å². The fraction of sp³-hybridized carbons (Fsp3) is 0.833. The maximum atomic E-state index is 5.42. The zero-order chi connectivity index (χ0) is 9.78. The van der Waals surface area contributed by atoms with Gasteiger partial charge in [-0.25, -0.2) is 0 Å². The monoisotopic (exact) mass is 202 g/mol. The van der Waals surface area contributed by atoms with Crippen molar-refractivity contribution in [3.8, 4) is 0 Å². The van der Waals surface area contributed by atoms with Crippen LogP contribution >= 0.6 is 11.6 Å². The number of halogens is 1. The van der Waals surface area contributed by atoms with E-state index in [1.54, 1.807) is 5.54 Å². The molecule has 0 radical (unpaired) electrons. The van der Waals surface area contributed by atoms with Crippen molar-refractivity contribution in [2.45, 2.75) is 64.7 Å². The van der Waals surface area contributed by atoms with Crippen LogP contribution in [0.4, 0.5) is 0 Å². The van der Waals surface area contributed by atoms with E-state index >= 15 is 0 Å². The molecular formula is C12H23Cl. The normalized spacial score (nSPS) is 11.2. The first-order chi connectivity index (χ1) is 6.41. The Labute approximate surface area is 88.4 Å². The first kappa shape index (κ1) is 13.0. The summed E-state index contributed by atoms with van der Waals surface area (Å²) >= 11 is 5.42. The van der Waals surface area contributed by atoms with E-state index in [-0.39, 0.29) is 0 Å². The minimum atomic E-state index is 1.15. The van der Waals surface area contributed by atoms with Crippen LogP contribution in [0.2, 0.25) is 0 Å². The Bertz CT molecular complexity index is 108. The minimum absolute atomic E-state index is 1.15. The molecule has 0 saturated carbocycles. The average molecular weight is 203 g/mol. The van der Waals surface area contributed by atoms with E-state index < -0.39 is 0 Å². The number of unbranched alkanes of at least 4 members (excludes halogenated alkanes) is 8. The van der Waals surface area contributed by atoms with Gasteiger partial charge in [-0.3, -0.25) is 0 Å². The highest BCUT2D eigenvalue weighted by Gasteiger charge is 1.89. The van der Waals surface area contributed by atoms with Crippen LogP contribution in [0.1, 0.15) is 64.7 Å². The first-order valence-corrected chi connectivity index (χ1v) is 6.10. The van der Waals surface area contributed by atoms with Crippen LogP contribution in [0.15, 0.2) is 11.6 Å². The number of rotatable bonds is 9. The highest BCUT2D eigenvalue weighted by atomic mass is 35.5. The standard InChI is InChI=1S/C12H23Cl/c1-2-3-4-5-6-7-8-9-10-11-12-13/h11-12H,2-10H2,1H3/b12-11-. The summed E-state index contributed by atoms with van der Waals surface area (Å²) in [5, 5.41) is 0. The third-order valence-electron chi connectivity index (χ3n) is 2.31. The van der Waals surface area contributed by atoms with Crippen LogP contribution in [0.5, 0.6) is 0 Å². The van der Waals surface area contributed by atoms with Gasteiger partial charge in [0, 0.05) is 5.54 Å². The topological polar surface area (TPSA) is 0 Å². The van der Waals surface area contributed by atoms with Gasteiger partial charge >= 0.3 is 0 Å². The third kappa shape index (κ3) is 12.0. The SMILES string of the molecule is CCCCCCCCCC/C=C\Cl. The molecule has 13 heavy (non-hydrogen) atoms. The zero-order valence-corrected chi connectivity index (χ0v) is 9.65. The molecular weight excluding hydrogens is 180 g/mol. The molecule has 0 N–H and O–H groups in total. The maximum Gasteiger partial charge on any atom is 0.000245 e. The Morgan fingerprint density at radius 2 is 1.38 bits per heavy atom. The van der Waals surface area contributed by atoms with E-state index in [2.05, 4.69) is 6.92 Å². The molecule has 0 aromatic heterocycles. The van der Waals surface area contributed by atoms with Gasteiger partial charge in [-0.2, -0.15) is 0 Å². The molecule has 0 amide bonds. The summed E-state index contributed by atoms with van der Waals surface area (Å²) in [5.41, 5.74) is 1.63. The van der Waals surface area contributed by atoms with Crippen molar-refractivity contribution in [3.63, 3.8) is 0 Å². The van der Waals surface area contributed by atoms with Gasteiger partial charge in [0.15, 0.2) is 0 Å². The average Bonchev–Trinajstić information content (AvgIpc) is 2.16. The first-order valence-electron chi connectivity index (χ1n) is 5.67. The fourth-order valence-electron chi connectivity index (χ4n) is 1.46. The summed E-state index contributed by atoms with van der Waals surface area (Å²) in [6, 6.07) is 0. The molecule has 0 aromatic carbocycles. The van der Waals surface area contributed by atoms with Gasteiger partial charge in [0.05, 0.1) is 0 Å². The van der Waals surface area contributed by atoms with Gasteiger partial charge in [-0.15, -0.1) is 0 Å². The number of allylic oxidation sites excluding steroid dienone is 1. The molecule has 0 aliphatic rings. The van der Waals surface area contributed by atoms with Gasteiger partial charge in [0.25, 0.3) is 0 Å². The van der Waals surface area contributed by atoms with Gasteiger partial charge in [-0.1, -0.05) is 69.5 Å². The largest absolute Gasteiger partial charge is 0.0933 e. The van der Waals surface area contributed by atoms with E-state index in [9.17, 15) is 0 Å². The number of hydrogen-bond donors (Lipinski definition) is 0. The third-order valence-corrected chi connectivity index (χ3v) is 2.49. The van der Waals surface area contributed by atoms with Gasteiger partial charge in [0.2, 0.25) is 0 Å². The lowest BCUT2D eigenvalue weighted by Crippen LogP contribution is -1.79. The molecule has 0 aromatic rings. The molecule has 0 saturated heterocycles. The second kappa shape index (κ2) is 12.0. The molecule has 0 unspecified atom stereocenters. The fourth-order valence-corrected chi connectivity index (χ4v) is 1.59. The van der Waals surface area contributed by atoms with Gasteiger partial charge in [-0.05, 0) is 12.8 Å². The second-order valence-corrected chi connectivity index (χ2v) is 3.88. The van der Waals surface area contributed by atoms with Crippen LogP contribution in [-0.4, -0.2) is 0 Å². The van der Waals surface area contributed by atoms with Crippen molar-refractivity contribution in [3.05, 3.63) is 11.6 Å². The summed E-state index contributed by atoms with van der Waals surface area (Å²) < 4.78 is 0. The van der Waals surface area contributed by atoms with Crippen LogP contribution in [0, 0.1) is 0 Å². The van der Waals surface area contributed by atoms with E-state index in [1.807, 2.05) is 6.08 Å². The predicted octanol–water partition coefficient (Wildman–Crippen LogP) is 5.27. The molecule has 78 valence electrons. The van der Waals surface area contributed by atoms with Crippen molar-refractivity contribution in [2.24, 2.45) is 0 Å². The summed E-state index contributed by atoms with van der Waals surface area (Å²) in [5.74, 6) is 0. The van der Waals surface area contributed by atoms with Gasteiger partial charge in [0.1, 0.15) is 0 Å². The van der Waals surface area contributed by atoms with Crippen LogP contribution in [0.25, 0.3) is 0 Å². The Morgan fingerprint density at radius 1 is 0.846 bits per heavy atom. The summed E-state index contributed by atoms with van der Waals surface area (Å²) in [6.45, 7) is 2.26. The van der Waals surface area contributed by atoms with E-state index in [4.69, 9.17) is 11.6 Å². The molecule has 0 atom stereocenters. The predicted molar refractivity (Wildman–Crippen MR) is 62.2 cm³/mol. The summed E-state index contributed by atoms with van der Waals surface area (Å²) in [4.78, 5) is 0. The zero-order valence-electron chi connectivity index (χ0n) is 8.90. The lowest BCUT2D eigenvalue weighted by molar-refractivity contribution is 0.577. The molecule has 0 aliphatic heterocycles. The molecule has 0 nitrogen and oxygen atoms in total. The highest BCUT2D eigenvalue weighted by Crippen LogP contribution is 2.09. The van der Waals surface area contributed by atoms with Crippen molar-refractivity contribution in [1.29, 1.82) is 0 Å². The van der Waals surface area contributed by atoms with E-state index in [0.29, 0.717) is 0 Å². The van der Waals surface area contributed by atoms with Crippen molar-refractivity contribution in [1.82, 2.24) is 0 Å². The van der Waals surface area contributed by atoms with Crippen LogP contribution < -0.4 is 0 Å². The Hall–Kier alpha value is 0.0300. The maximum absolute atomic E-state index is 5.42. The summed E-state index contributed by atoms with van der Waals surface area (Å²) in [7, 11) is 0. The summed E-state index contributed by atoms with van der Waals surface area (Å²) in [6.07, 6.45) is 14.3. The molecule has 0 heterocycles. The Kier molecular flexibility index (Phi) is 12.1. The van der Waals surface area contributed by atoms with Gasteiger partial charge < -0.3 is 0 Å². The van der Waals surface area contributed by atoms with Crippen LogP contribution in [0.3, 0.4) is 0 Å². The van der Waals surface area contributed by atoms with Crippen molar-refractivity contribution < 1.29 is 0 Å². The molecule has 0 rings (SSSR count).